The Hall–Kier alpha value is -2.55. The first-order chi connectivity index (χ1) is 14.6. The van der Waals surface area contributed by atoms with Crippen LogP contribution in [-0.4, -0.2) is 47.5 Å². The van der Waals surface area contributed by atoms with Crippen LogP contribution >= 0.6 is 11.3 Å². The Morgan fingerprint density at radius 3 is 2.29 bits per heavy atom. The number of nitrogens with one attached hydrogen (secondary N) is 1. The summed E-state index contributed by atoms with van der Waals surface area (Å²) in [7, 11) is 0. The summed E-state index contributed by atoms with van der Waals surface area (Å²) < 4.78 is 5.02. The van der Waals surface area contributed by atoms with E-state index in [1.807, 2.05) is 20.8 Å². The maximum Gasteiger partial charge on any atom is 0.326 e. The van der Waals surface area contributed by atoms with Gasteiger partial charge in [-0.15, -0.1) is 11.3 Å². The van der Waals surface area contributed by atoms with Crippen molar-refractivity contribution < 1.29 is 28.7 Å². The highest BCUT2D eigenvalue weighted by Crippen LogP contribution is 2.37. The van der Waals surface area contributed by atoms with Crippen LogP contribution in [0.3, 0.4) is 0 Å². The Balaban J connectivity index is 1.47. The molecule has 0 aromatic carbocycles. The van der Waals surface area contributed by atoms with Gasteiger partial charge < -0.3 is 10.1 Å². The van der Waals surface area contributed by atoms with Gasteiger partial charge in [0.05, 0.1) is 23.3 Å². The SMILES string of the molecule is CC(C)(C)C(=O)NCc1ccc(C(=O)COC(=O)CN2C(=O)C3CCCCC3C2=O)s1. The lowest BCUT2D eigenvalue weighted by atomic mass is 9.81. The van der Waals surface area contributed by atoms with Crippen LogP contribution in [0, 0.1) is 17.3 Å². The van der Waals surface area contributed by atoms with E-state index < -0.39 is 24.5 Å². The van der Waals surface area contributed by atoms with E-state index >= 15 is 0 Å². The van der Waals surface area contributed by atoms with Crippen molar-refractivity contribution in [2.75, 3.05) is 13.2 Å². The first-order valence-electron chi connectivity index (χ1n) is 10.5. The number of amides is 3. The van der Waals surface area contributed by atoms with Gasteiger partial charge in [-0.3, -0.25) is 28.9 Å². The molecule has 1 saturated carbocycles. The van der Waals surface area contributed by atoms with Gasteiger partial charge in [0.15, 0.2) is 6.61 Å². The van der Waals surface area contributed by atoms with Crippen LogP contribution in [0.25, 0.3) is 0 Å². The molecule has 1 saturated heterocycles. The van der Waals surface area contributed by atoms with Crippen molar-refractivity contribution in [3.8, 4) is 0 Å². The molecule has 3 amide bonds. The maximum atomic E-state index is 12.4. The Kier molecular flexibility index (Phi) is 6.93. The minimum absolute atomic E-state index is 0.0893. The van der Waals surface area contributed by atoms with Crippen LogP contribution in [0.1, 0.15) is 61.0 Å². The molecule has 1 aromatic heterocycles. The lowest BCUT2D eigenvalue weighted by molar-refractivity contribution is -0.152. The Morgan fingerprint density at radius 2 is 1.71 bits per heavy atom. The third-order valence-corrected chi connectivity index (χ3v) is 6.75. The number of nitrogens with zero attached hydrogens (tertiary/aromatic N) is 1. The molecule has 0 bridgehead atoms. The summed E-state index contributed by atoms with van der Waals surface area (Å²) in [5.74, 6) is -2.50. The van der Waals surface area contributed by atoms with E-state index in [2.05, 4.69) is 5.32 Å². The zero-order valence-corrected chi connectivity index (χ0v) is 18.9. The molecule has 0 radical (unpaired) electrons. The second-order valence-electron chi connectivity index (χ2n) is 9.04. The molecule has 9 heteroatoms. The topological polar surface area (TPSA) is 110 Å². The number of esters is 1. The van der Waals surface area contributed by atoms with Gasteiger partial charge in [0.2, 0.25) is 23.5 Å². The average molecular weight is 449 g/mol. The summed E-state index contributed by atoms with van der Waals surface area (Å²) in [6.07, 6.45) is 3.18. The van der Waals surface area contributed by atoms with Crippen molar-refractivity contribution in [2.45, 2.75) is 53.0 Å². The number of ether oxygens (including phenoxy) is 1. The Morgan fingerprint density at radius 1 is 1.10 bits per heavy atom. The first kappa shape index (κ1) is 23.1. The van der Waals surface area contributed by atoms with Gasteiger partial charge >= 0.3 is 5.97 Å². The molecule has 1 aromatic rings. The van der Waals surface area contributed by atoms with E-state index in [-0.39, 0.29) is 35.3 Å². The van der Waals surface area contributed by atoms with Gasteiger partial charge in [0.1, 0.15) is 6.54 Å². The third-order valence-electron chi connectivity index (χ3n) is 5.62. The number of rotatable bonds is 7. The van der Waals surface area contributed by atoms with E-state index in [9.17, 15) is 24.0 Å². The first-order valence-corrected chi connectivity index (χ1v) is 11.3. The number of imide groups is 1. The van der Waals surface area contributed by atoms with E-state index in [0.29, 0.717) is 24.3 Å². The molecule has 1 N–H and O–H groups in total. The molecule has 168 valence electrons. The number of fused-ring (bicyclic) bond motifs is 1. The molecular weight excluding hydrogens is 420 g/mol. The molecule has 3 rings (SSSR count). The van der Waals surface area contributed by atoms with Crippen molar-refractivity contribution in [1.29, 1.82) is 0 Å². The third kappa shape index (κ3) is 5.39. The molecule has 2 heterocycles. The van der Waals surface area contributed by atoms with Crippen LogP contribution in [-0.2, 0) is 30.5 Å². The summed E-state index contributed by atoms with van der Waals surface area (Å²) >= 11 is 1.22. The monoisotopic (exact) mass is 448 g/mol. The van der Waals surface area contributed by atoms with E-state index in [0.717, 1.165) is 22.6 Å². The molecule has 2 aliphatic rings. The van der Waals surface area contributed by atoms with Crippen LogP contribution in [0.15, 0.2) is 12.1 Å². The zero-order chi connectivity index (χ0) is 22.8. The van der Waals surface area contributed by atoms with Crippen molar-refractivity contribution in [2.24, 2.45) is 17.3 Å². The van der Waals surface area contributed by atoms with Gasteiger partial charge in [0.25, 0.3) is 0 Å². The number of ketones is 1. The normalized spacial score (nSPS) is 21.1. The summed E-state index contributed by atoms with van der Waals surface area (Å²) in [5, 5.41) is 2.82. The quantitative estimate of drug-likeness (QED) is 0.389. The standard InChI is InChI=1S/C22H28N2O6S/c1-22(2,3)21(29)23-10-13-8-9-17(31-13)16(25)12-30-18(26)11-24-19(27)14-6-4-5-7-15(14)20(24)28/h8-9,14-15H,4-7,10-12H2,1-3H3,(H,23,29). The predicted molar refractivity (Wildman–Crippen MR) is 113 cm³/mol. The van der Waals surface area contributed by atoms with Crippen LogP contribution < -0.4 is 5.32 Å². The van der Waals surface area contributed by atoms with Crippen molar-refractivity contribution >= 4 is 40.8 Å². The van der Waals surface area contributed by atoms with E-state index in [1.165, 1.54) is 11.3 Å². The van der Waals surface area contributed by atoms with Crippen LogP contribution in [0.4, 0.5) is 0 Å². The lowest BCUT2D eigenvalue weighted by Crippen LogP contribution is -2.37. The van der Waals surface area contributed by atoms with E-state index in [4.69, 9.17) is 4.74 Å². The number of likely N-dealkylation sites (tertiary alicyclic amines) is 1. The van der Waals surface area contributed by atoms with Gasteiger partial charge in [-0.2, -0.15) is 0 Å². The highest BCUT2D eigenvalue weighted by atomic mass is 32.1. The maximum absolute atomic E-state index is 12.4. The molecule has 1 aliphatic carbocycles. The van der Waals surface area contributed by atoms with Gasteiger partial charge in [-0.1, -0.05) is 33.6 Å². The zero-order valence-electron chi connectivity index (χ0n) is 18.1. The fraction of sp³-hybridized carbons (Fsp3) is 0.591. The number of Topliss-reactive ketones (excluding diaryl/α,β-unsaturated/α-hetero) is 1. The molecule has 0 spiro atoms. The van der Waals surface area contributed by atoms with Crippen molar-refractivity contribution in [3.63, 3.8) is 0 Å². The number of thiophene rings is 1. The average Bonchev–Trinajstić information content (AvgIpc) is 3.29. The molecule has 2 unspecified atom stereocenters. The molecule has 31 heavy (non-hydrogen) atoms. The fourth-order valence-electron chi connectivity index (χ4n) is 3.83. The molecule has 2 atom stereocenters. The minimum Gasteiger partial charge on any atom is -0.456 e. The lowest BCUT2D eigenvalue weighted by Gasteiger charge is -2.19. The predicted octanol–water partition coefficient (Wildman–Crippen LogP) is 2.31. The summed E-state index contributed by atoms with van der Waals surface area (Å²) in [4.78, 5) is 63.5. The molecular formula is C22H28N2O6S. The number of carbonyl (C=O) groups is 5. The van der Waals surface area contributed by atoms with Crippen molar-refractivity contribution in [1.82, 2.24) is 10.2 Å². The van der Waals surface area contributed by atoms with Crippen molar-refractivity contribution in [3.05, 3.63) is 21.9 Å². The summed E-state index contributed by atoms with van der Waals surface area (Å²) in [5.41, 5.74) is -0.500. The highest BCUT2D eigenvalue weighted by molar-refractivity contribution is 7.14. The highest BCUT2D eigenvalue weighted by Gasteiger charge is 2.48. The number of hydrogen-bond acceptors (Lipinski definition) is 7. The minimum atomic E-state index is -0.775. The van der Waals surface area contributed by atoms with Gasteiger partial charge in [0, 0.05) is 10.3 Å². The second-order valence-corrected chi connectivity index (χ2v) is 10.2. The number of carbonyl (C=O) groups excluding carboxylic acids is 5. The largest absolute Gasteiger partial charge is 0.456 e. The Bertz CT molecular complexity index is 876. The van der Waals surface area contributed by atoms with E-state index in [1.54, 1.807) is 12.1 Å². The van der Waals surface area contributed by atoms with Gasteiger partial charge in [-0.05, 0) is 25.0 Å². The fourth-order valence-corrected chi connectivity index (χ4v) is 4.71. The molecule has 2 fully saturated rings. The molecule has 8 nitrogen and oxygen atoms in total. The summed E-state index contributed by atoms with van der Waals surface area (Å²) in [6.45, 7) is 4.85. The van der Waals surface area contributed by atoms with Crippen LogP contribution in [0.2, 0.25) is 0 Å². The summed E-state index contributed by atoms with van der Waals surface area (Å²) in [6, 6.07) is 3.36. The second kappa shape index (κ2) is 9.30. The molecule has 1 aliphatic heterocycles. The van der Waals surface area contributed by atoms with Gasteiger partial charge in [-0.25, -0.2) is 0 Å². The van der Waals surface area contributed by atoms with Crippen LogP contribution in [0.5, 0.6) is 0 Å². The smallest absolute Gasteiger partial charge is 0.326 e. The Labute approximate surface area is 185 Å². The number of hydrogen-bond donors (Lipinski definition) is 1.